The average molecular weight is 264 g/mol. The van der Waals surface area contributed by atoms with Gasteiger partial charge in [-0.1, -0.05) is 19.8 Å². The summed E-state index contributed by atoms with van der Waals surface area (Å²) in [6.07, 6.45) is 9.71. The number of carbonyl (C=O) groups excluding carboxylic acids is 2. The first-order valence-electron chi connectivity index (χ1n) is 7.05. The summed E-state index contributed by atoms with van der Waals surface area (Å²) >= 11 is 0. The molecule has 1 aliphatic rings. The average Bonchev–Trinajstić information content (AvgIpc) is 2.46. The maximum Gasteiger partial charge on any atom is 0.235 e. The van der Waals surface area contributed by atoms with E-state index in [-0.39, 0.29) is 11.8 Å². The van der Waals surface area contributed by atoms with Gasteiger partial charge in [-0.3, -0.25) is 9.69 Å². The predicted octanol–water partition coefficient (Wildman–Crippen LogP) is 1.21. The highest BCUT2D eigenvalue weighted by Gasteiger charge is 2.27. The molecule has 0 aromatic heterocycles. The zero-order chi connectivity index (χ0) is 14.3. The molecule has 1 fully saturated rings. The molecule has 1 saturated heterocycles. The van der Waals surface area contributed by atoms with Gasteiger partial charge in [0.2, 0.25) is 5.91 Å². The van der Waals surface area contributed by atoms with Crippen molar-refractivity contribution in [1.29, 1.82) is 0 Å². The quantitative estimate of drug-likeness (QED) is 0.579. The van der Waals surface area contributed by atoms with Crippen molar-refractivity contribution in [2.24, 2.45) is 5.92 Å². The molecule has 0 spiro atoms. The van der Waals surface area contributed by atoms with Crippen LogP contribution in [0.2, 0.25) is 0 Å². The molecule has 0 saturated carbocycles. The Hall–Kier alpha value is -1.34. The van der Waals surface area contributed by atoms with E-state index in [1.54, 1.807) is 0 Å². The number of piperidine rings is 1. The van der Waals surface area contributed by atoms with Crippen molar-refractivity contribution < 1.29 is 9.59 Å². The standard InChI is InChI=1S/C15H24N2O2/c1-4-15(5-2,6-3)16-14(19)11-17-9-7-13(12-18)8-10-17/h1,12-13H,5-11H2,2-3H3,(H,16,19). The SMILES string of the molecule is C#CC(CC)(CC)NC(=O)CN1CCC(C=O)CC1. The van der Waals surface area contributed by atoms with Gasteiger partial charge in [0, 0.05) is 5.92 Å². The molecular weight excluding hydrogens is 240 g/mol. The van der Waals surface area contributed by atoms with Gasteiger partial charge in [-0.25, -0.2) is 0 Å². The Morgan fingerprint density at radius 2 is 2.00 bits per heavy atom. The zero-order valence-electron chi connectivity index (χ0n) is 11.9. The van der Waals surface area contributed by atoms with Gasteiger partial charge in [-0.05, 0) is 38.8 Å². The Morgan fingerprint density at radius 1 is 1.42 bits per heavy atom. The first-order valence-corrected chi connectivity index (χ1v) is 7.05. The van der Waals surface area contributed by atoms with Crippen LogP contribution in [0.1, 0.15) is 39.5 Å². The van der Waals surface area contributed by atoms with Crippen molar-refractivity contribution in [3.8, 4) is 12.3 Å². The van der Waals surface area contributed by atoms with Crippen LogP contribution in [0.4, 0.5) is 0 Å². The summed E-state index contributed by atoms with van der Waals surface area (Å²) in [5, 5.41) is 2.97. The number of carbonyl (C=O) groups is 2. The van der Waals surface area contributed by atoms with Crippen LogP contribution >= 0.6 is 0 Å². The lowest BCUT2D eigenvalue weighted by Crippen LogP contribution is -2.51. The van der Waals surface area contributed by atoms with Gasteiger partial charge in [0.1, 0.15) is 11.8 Å². The number of nitrogens with zero attached hydrogens (tertiary/aromatic N) is 1. The summed E-state index contributed by atoms with van der Waals surface area (Å²) in [6, 6.07) is 0. The molecule has 4 nitrogen and oxygen atoms in total. The van der Waals surface area contributed by atoms with Crippen molar-refractivity contribution >= 4 is 12.2 Å². The van der Waals surface area contributed by atoms with Gasteiger partial charge >= 0.3 is 0 Å². The molecule has 0 unspecified atom stereocenters. The third kappa shape index (κ3) is 4.36. The van der Waals surface area contributed by atoms with E-state index in [9.17, 15) is 9.59 Å². The fourth-order valence-corrected chi connectivity index (χ4v) is 2.42. The van der Waals surface area contributed by atoms with E-state index < -0.39 is 5.54 Å². The topological polar surface area (TPSA) is 49.4 Å². The number of likely N-dealkylation sites (tertiary alicyclic amines) is 1. The first-order chi connectivity index (χ1) is 9.09. The highest BCUT2D eigenvalue weighted by molar-refractivity contribution is 5.79. The minimum Gasteiger partial charge on any atom is -0.339 e. The molecule has 1 N–H and O–H groups in total. The summed E-state index contributed by atoms with van der Waals surface area (Å²) in [7, 11) is 0. The number of amides is 1. The Labute approximate surface area is 115 Å². The maximum atomic E-state index is 12.0. The molecule has 0 aromatic rings. The van der Waals surface area contributed by atoms with Gasteiger partial charge in [-0.2, -0.15) is 0 Å². The molecule has 1 rings (SSSR count). The first kappa shape index (κ1) is 15.7. The van der Waals surface area contributed by atoms with E-state index in [1.807, 2.05) is 13.8 Å². The van der Waals surface area contributed by atoms with E-state index >= 15 is 0 Å². The number of nitrogens with one attached hydrogen (secondary N) is 1. The lowest BCUT2D eigenvalue weighted by atomic mass is 9.94. The minimum absolute atomic E-state index is 0.0220. The van der Waals surface area contributed by atoms with E-state index in [0.717, 1.165) is 45.1 Å². The number of terminal acetylenes is 1. The maximum absolute atomic E-state index is 12.0. The van der Waals surface area contributed by atoms with Crippen LogP contribution in [0, 0.1) is 18.3 Å². The molecule has 0 radical (unpaired) electrons. The Bertz CT molecular complexity index is 348. The summed E-state index contributed by atoms with van der Waals surface area (Å²) in [6.45, 7) is 5.95. The lowest BCUT2D eigenvalue weighted by Gasteiger charge is -2.31. The third-order valence-electron chi connectivity index (χ3n) is 4.05. The summed E-state index contributed by atoms with van der Waals surface area (Å²) in [5.74, 6) is 2.84. The molecule has 0 aliphatic carbocycles. The van der Waals surface area contributed by atoms with E-state index in [4.69, 9.17) is 6.42 Å². The monoisotopic (exact) mass is 264 g/mol. The van der Waals surface area contributed by atoms with E-state index in [2.05, 4.69) is 16.1 Å². The summed E-state index contributed by atoms with van der Waals surface area (Å²) < 4.78 is 0. The molecule has 0 aromatic carbocycles. The van der Waals surface area contributed by atoms with Crippen LogP contribution in [-0.4, -0.2) is 42.3 Å². The van der Waals surface area contributed by atoms with E-state index in [1.165, 1.54) is 0 Å². The number of aldehydes is 1. The van der Waals surface area contributed by atoms with Crippen LogP contribution in [-0.2, 0) is 9.59 Å². The summed E-state index contributed by atoms with van der Waals surface area (Å²) in [5.41, 5.74) is -0.516. The smallest absolute Gasteiger partial charge is 0.235 e. The second-order valence-corrected chi connectivity index (χ2v) is 5.23. The van der Waals surface area contributed by atoms with Gasteiger partial charge < -0.3 is 10.1 Å². The van der Waals surface area contributed by atoms with Crippen LogP contribution in [0.5, 0.6) is 0 Å². The van der Waals surface area contributed by atoms with E-state index in [0.29, 0.717) is 6.54 Å². The normalized spacial score (nSPS) is 17.7. The molecule has 1 amide bonds. The number of hydrogen-bond donors (Lipinski definition) is 1. The largest absolute Gasteiger partial charge is 0.339 e. The minimum atomic E-state index is -0.516. The molecule has 1 aliphatic heterocycles. The van der Waals surface area contributed by atoms with Crippen LogP contribution < -0.4 is 5.32 Å². The predicted molar refractivity (Wildman–Crippen MR) is 75.5 cm³/mol. The van der Waals surface area contributed by atoms with Gasteiger partial charge in [0.15, 0.2) is 0 Å². The third-order valence-corrected chi connectivity index (χ3v) is 4.05. The van der Waals surface area contributed by atoms with Crippen LogP contribution in [0.3, 0.4) is 0 Å². The van der Waals surface area contributed by atoms with Crippen molar-refractivity contribution in [2.45, 2.75) is 45.1 Å². The second-order valence-electron chi connectivity index (χ2n) is 5.23. The molecule has 4 heteroatoms. The molecule has 106 valence electrons. The van der Waals surface area contributed by atoms with Crippen molar-refractivity contribution in [3.63, 3.8) is 0 Å². The van der Waals surface area contributed by atoms with Crippen molar-refractivity contribution in [1.82, 2.24) is 10.2 Å². The highest BCUT2D eigenvalue weighted by atomic mass is 16.2. The lowest BCUT2D eigenvalue weighted by molar-refractivity contribution is -0.124. The molecule has 1 heterocycles. The number of hydrogen-bond acceptors (Lipinski definition) is 3. The zero-order valence-corrected chi connectivity index (χ0v) is 11.9. The van der Waals surface area contributed by atoms with Crippen molar-refractivity contribution in [3.05, 3.63) is 0 Å². The molecule has 19 heavy (non-hydrogen) atoms. The summed E-state index contributed by atoms with van der Waals surface area (Å²) in [4.78, 5) is 24.8. The van der Waals surface area contributed by atoms with Gasteiger partial charge in [0.25, 0.3) is 0 Å². The van der Waals surface area contributed by atoms with Gasteiger partial charge in [0.05, 0.1) is 6.54 Å². The van der Waals surface area contributed by atoms with Gasteiger partial charge in [-0.15, -0.1) is 6.42 Å². The second kappa shape index (κ2) is 7.30. The van der Waals surface area contributed by atoms with Crippen molar-refractivity contribution in [2.75, 3.05) is 19.6 Å². The van der Waals surface area contributed by atoms with Crippen LogP contribution in [0.15, 0.2) is 0 Å². The number of rotatable bonds is 6. The fraction of sp³-hybridized carbons (Fsp3) is 0.733. The fourth-order valence-electron chi connectivity index (χ4n) is 2.42. The molecular formula is C15H24N2O2. The Kier molecular flexibility index (Phi) is 6.04. The Morgan fingerprint density at radius 3 is 2.42 bits per heavy atom. The highest BCUT2D eigenvalue weighted by Crippen LogP contribution is 2.16. The van der Waals surface area contributed by atoms with Crippen LogP contribution in [0.25, 0.3) is 0 Å². The molecule has 0 bridgehead atoms. The Balaban J connectivity index is 2.44. The molecule has 0 atom stereocenters.